The molecule has 0 heterocycles. The maximum Gasteiger partial charge on any atom is 0.242 e. The van der Waals surface area contributed by atoms with Crippen LogP contribution >= 0.6 is 23.2 Å². The molecule has 0 unspecified atom stereocenters. The largest absolute Gasteiger partial charge is 0.322 e. The highest BCUT2D eigenvalue weighted by atomic mass is 35.5. The van der Waals surface area contributed by atoms with Crippen molar-refractivity contribution in [3.05, 3.63) is 58.1 Å². The molecule has 0 aliphatic heterocycles. The summed E-state index contributed by atoms with van der Waals surface area (Å²) in [6, 6.07) is 10.1. The van der Waals surface area contributed by atoms with E-state index in [1.54, 1.807) is 30.3 Å². The van der Waals surface area contributed by atoms with Gasteiger partial charge in [0.25, 0.3) is 0 Å². The van der Waals surface area contributed by atoms with E-state index >= 15 is 0 Å². The van der Waals surface area contributed by atoms with Crippen LogP contribution in [0.15, 0.2) is 47.4 Å². The van der Waals surface area contributed by atoms with Crippen molar-refractivity contribution in [2.24, 2.45) is 0 Å². The van der Waals surface area contributed by atoms with E-state index in [2.05, 4.69) is 10.0 Å². The minimum atomic E-state index is -3.81. The van der Waals surface area contributed by atoms with Crippen molar-refractivity contribution < 1.29 is 13.2 Å². The average Bonchev–Trinajstić information content (AvgIpc) is 2.51. The standard InChI is InChI=1S/C16H16Cl2N2O3S/c1-10-6-8-12(9-7-10)24(22,23)20-11(2)16(21)19-15-13(17)4-3-5-14(15)18/h3-9,11,20H,1-2H3,(H,19,21)/t11-/m1/s1. The number of hydrogen-bond acceptors (Lipinski definition) is 3. The highest BCUT2D eigenvalue weighted by molar-refractivity contribution is 7.89. The number of nitrogens with one attached hydrogen (secondary N) is 2. The Labute approximate surface area is 151 Å². The van der Waals surface area contributed by atoms with Gasteiger partial charge in [-0.2, -0.15) is 4.72 Å². The molecule has 0 spiro atoms. The number of hydrogen-bond donors (Lipinski definition) is 2. The number of rotatable bonds is 5. The van der Waals surface area contributed by atoms with E-state index in [4.69, 9.17) is 23.2 Å². The van der Waals surface area contributed by atoms with Crippen LogP contribution in [0.1, 0.15) is 12.5 Å². The molecule has 2 N–H and O–H groups in total. The third-order valence-corrected chi connectivity index (χ3v) is 5.45. The molecule has 0 saturated carbocycles. The summed E-state index contributed by atoms with van der Waals surface area (Å²) in [5, 5.41) is 3.07. The van der Waals surface area contributed by atoms with Gasteiger partial charge >= 0.3 is 0 Å². The number of anilines is 1. The quantitative estimate of drug-likeness (QED) is 0.823. The van der Waals surface area contributed by atoms with Gasteiger partial charge in [0, 0.05) is 0 Å². The molecule has 128 valence electrons. The molecule has 2 aromatic carbocycles. The van der Waals surface area contributed by atoms with E-state index in [-0.39, 0.29) is 20.6 Å². The molecule has 2 rings (SSSR count). The normalized spacial score (nSPS) is 12.7. The van der Waals surface area contributed by atoms with E-state index in [1.807, 2.05) is 6.92 Å². The maximum atomic E-state index is 12.3. The molecule has 2 aromatic rings. The molecular weight excluding hydrogens is 371 g/mol. The van der Waals surface area contributed by atoms with Crippen molar-refractivity contribution >= 4 is 44.8 Å². The van der Waals surface area contributed by atoms with Gasteiger partial charge in [-0.1, -0.05) is 47.0 Å². The van der Waals surface area contributed by atoms with Gasteiger partial charge in [-0.25, -0.2) is 8.42 Å². The SMILES string of the molecule is Cc1ccc(S(=O)(=O)N[C@H](C)C(=O)Nc2c(Cl)cccc2Cl)cc1. The number of benzene rings is 2. The highest BCUT2D eigenvalue weighted by Gasteiger charge is 2.23. The third kappa shape index (κ3) is 4.48. The molecule has 0 aliphatic carbocycles. The van der Waals surface area contributed by atoms with Gasteiger partial charge in [0.05, 0.1) is 26.7 Å². The van der Waals surface area contributed by atoms with Gasteiger partial charge in [0.1, 0.15) is 0 Å². The second-order valence-corrected chi connectivity index (χ2v) is 7.77. The summed E-state index contributed by atoms with van der Waals surface area (Å²) >= 11 is 12.0. The fourth-order valence-corrected chi connectivity index (χ4v) is 3.62. The van der Waals surface area contributed by atoms with Crippen LogP contribution in [0.4, 0.5) is 5.69 Å². The highest BCUT2D eigenvalue weighted by Crippen LogP contribution is 2.29. The van der Waals surface area contributed by atoms with E-state index in [0.29, 0.717) is 0 Å². The van der Waals surface area contributed by atoms with Gasteiger partial charge < -0.3 is 5.32 Å². The number of carbonyl (C=O) groups excluding carboxylic acids is 1. The Hall–Kier alpha value is -1.60. The zero-order valence-corrected chi connectivity index (χ0v) is 15.3. The van der Waals surface area contributed by atoms with Gasteiger partial charge in [0.15, 0.2) is 0 Å². The Morgan fingerprint density at radius 3 is 2.12 bits per heavy atom. The summed E-state index contributed by atoms with van der Waals surface area (Å²) in [6.07, 6.45) is 0. The molecule has 8 heteroatoms. The van der Waals surface area contributed by atoms with E-state index < -0.39 is 22.0 Å². The zero-order valence-electron chi connectivity index (χ0n) is 13.0. The van der Waals surface area contributed by atoms with Crippen molar-refractivity contribution in [1.82, 2.24) is 4.72 Å². The van der Waals surface area contributed by atoms with Crippen molar-refractivity contribution in [2.45, 2.75) is 24.8 Å². The van der Waals surface area contributed by atoms with E-state index in [1.165, 1.54) is 19.1 Å². The van der Waals surface area contributed by atoms with Gasteiger partial charge in [0.2, 0.25) is 15.9 Å². The second-order valence-electron chi connectivity index (χ2n) is 5.24. The Kier molecular flexibility index (Phi) is 5.87. The molecule has 0 fully saturated rings. The number of aryl methyl sites for hydroxylation is 1. The summed E-state index contributed by atoms with van der Waals surface area (Å²) in [6.45, 7) is 3.29. The van der Waals surface area contributed by atoms with Crippen molar-refractivity contribution in [3.63, 3.8) is 0 Å². The van der Waals surface area contributed by atoms with Crippen LogP contribution in [0.5, 0.6) is 0 Å². The molecular formula is C16H16Cl2N2O3S. The van der Waals surface area contributed by atoms with Crippen LogP contribution in [-0.4, -0.2) is 20.4 Å². The summed E-state index contributed by atoms with van der Waals surface area (Å²) in [5.41, 5.74) is 1.18. The number of para-hydroxylation sites is 1. The fourth-order valence-electron chi connectivity index (χ4n) is 1.92. The molecule has 1 amide bonds. The number of amides is 1. The minimum Gasteiger partial charge on any atom is -0.322 e. The topological polar surface area (TPSA) is 75.3 Å². The van der Waals surface area contributed by atoms with E-state index in [9.17, 15) is 13.2 Å². The lowest BCUT2D eigenvalue weighted by molar-refractivity contribution is -0.117. The van der Waals surface area contributed by atoms with Crippen LogP contribution in [-0.2, 0) is 14.8 Å². The second kappa shape index (κ2) is 7.53. The smallest absolute Gasteiger partial charge is 0.242 e. The number of carbonyl (C=O) groups is 1. The van der Waals surface area contributed by atoms with Crippen LogP contribution < -0.4 is 10.0 Å². The van der Waals surface area contributed by atoms with Crippen LogP contribution in [0, 0.1) is 6.92 Å². The fraction of sp³-hybridized carbons (Fsp3) is 0.188. The Morgan fingerprint density at radius 1 is 1.04 bits per heavy atom. The molecule has 0 aliphatic rings. The van der Waals surface area contributed by atoms with E-state index in [0.717, 1.165) is 5.56 Å². The lowest BCUT2D eigenvalue weighted by Crippen LogP contribution is -2.41. The van der Waals surface area contributed by atoms with Crippen molar-refractivity contribution in [2.75, 3.05) is 5.32 Å². The van der Waals surface area contributed by atoms with Crippen LogP contribution in [0.3, 0.4) is 0 Å². The van der Waals surface area contributed by atoms with Gasteiger partial charge in [-0.05, 0) is 38.1 Å². The lowest BCUT2D eigenvalue weighted by Gasteiger charge is -2.16. The first-order chi connectivity index (χ1) is 11.2. The molecule has 0 saturated heterocycles. The third-order valence-electron chi connectivity index (χ3n) is 3.27. The molecule has 0 aromatic heterocycles. The predicted octanol–water partition coefficient (Wildman–Crippen LogP) is 3.61. The molecule has 0 radical (unpaired) electrons. The predicted molar refractivity (Wildman–Crippen MR) is 96.1 cm³/mol. The summed E-state index contributed by atoms with van der Waals surface area (Å²) in [5.74, 6) is -0.569. The monoisotopic (exact) mass is 386 g/mol. The Bertz CT molecular complexity index is 832. The first-order valence-electron chi connectivity index (χ1n) is 7.04. The lowest BCUT2D eigenvalue weighted by atomic mass is 10.2. The Morgan fingerprint density at radius 2 is 1.58 bits per heavy atom. The molecule has 5 nitrogen and oxygen atoms in total. The summed E-state index contributed by atoms with van der Waals surface area (Å²) < 4.78 is 26.9. The van der Waals surface area contributed by atoms with Crippen molar-refractivity contribution in [1.29, 1.82) is 0 Å². The number of sulfonamides is 1. The number of halogens is 2. The average molecular weight is 387 g/mol. The van der Waals surface area contributed by atoms with Gasteiger partial charge in [-0.15, -0.1) is 0 Å². The summed E-state index contributed by atoms with van der Waals surface area (Å²) in [7, 11) is -3.81. The summed E-state index contributed by atoms with van der Waals surface area (Å²) in [4.78, 5) is 12.3. The molecule has 24 heavy (non-hydrogen) atoms. The van der Waals surface area contributed by atoms with Gasteiger partial charge in [-0.3, -0.25) is 4.79 Å². The molecule has 0 bridgehead atoms. The minimum absolute atomic E-state index is 0.0866. The maximum absolute atomic E-state index is 12.3. The molecule has 1 atom stereocenters. The zero-order chi connectivity index (χ0) is 17.9. The van der Waals surface area contributed by atoms with Crippen LogP contribution in [0.2, 0.25) is 10.0 Å². The first-order valence-corrected chi connectivity index (χ1v) is 9.28. The van der Waals surface area contributed by atoms with Crippen LogP contribution in [0.25, 0.3) is 0 Å². The Balaban J connectivity index is 2.12. The van der Waals surface area contributed by atoms with Crippen molar-refractivity contribution in [3.8, 4) is 0 Å². The first kappa shape index (κ1) is 18.7.